The Labute approximate surface area is 141 Å². The quantitative estimate of drug-likeness (QED) is 0.496. The van der Waals surface area contributed by atoms with Crippen LogP contribution >= 0.6 is 0 Å². The van der Waals surface area contributed by atoms with Gasteiger partial charge in [-0.3, -0.25) is 0 Å². The molecule has 0 unspecified atom stereocenters. The van der Waals surface area contributed by atoms with Crippen LogP contribution in [0.5, 0.6) is 17.2 Å². The lowest BCUT2D eigenvalue weighted by atomic mass is 9.83. The van der Waals surface area contributed by atoms with Gasteiger partial charge in [0, 0.05) is 17.0 Å². The number of ether oxygens (including phenoxy) is 2. The van der Waals surface area contributed by atoms with E-state index in [0.29, 0.717) is 0 Å². The molecule has 0 spiro atoms. The van der Waals surface area contributed by atoms with Gasteiger partial charge in [0.15, 0.2) is 0 Å². The van der Waals surface area contributed by atoms with Gasteiger partial charge in [-0.25, -0.2) is 0 Å². The van der Waals surface area contributed by atoms with E-state index >= 15 is 0 Å². The lowest BCUT2D eigenvalue weighted by Crippen LogP contribution is -2.11. The van der Waals surface area contributed by atoms with E-state index in [0.717, 1.165) is 17.2 Å². The highest BCUT2D eigenvalue weighted by Gasteiger charge is 2.27. The predicted octanol–water partition coefficient (Wildman–Crippen LogP) is 4.98. The fourth-order valence-electron chi connectivity index (χ4n) is 3.15. The molecular formula is C22H16O2. The molecule has 0 N–H and O–H groups in total. The van der Waals surface area contributed by atoms with E-state index < -0.39 is 0 Å². The smallest absolute Gasteiger partial charge is 0.148 e. The van der Waals surface area contributed by atoms with E-state index in [1.807, 2.05) is 48.5 Å². The first kappa shape index (κ1) is 14.4. The van der Waals surface area contributed by atoms with Crippen LogP contribution in [0.15, 0.2) is 72.8 Å². The summed E-state index contributed by atoms with van der Waals surface area (Å²) in [6.07, 6.45) is 5.24. The zero-order valence-corrected chi connectivity index (χ0v) is 13.1. The van der Waals surface area contributed by atoms with Crippen molar-refractivity contribution in [3.63, 3.8) is 0 Å². The summed E-state index contributed by atoms with van der Waals surface area (Å²) in [4.78, 5) is 0. The van der Waals surface area contributed by atoms with Crippen molar-refractivity contribution in [3.8, 4) is 29.6 Å². The molecule has 3 aromatic carbocycles. The van der Waals surface area contributed by atoms with Gasteiger partial charge in [0.1, 0.15) is 23.9 Å². The molecule has 1 heterocycles. The molecule has 116 valence electrons. The highest BCUT2D eigenvalue weighted by atomic mass is 16.5. The van der Waals surface area contributed by atoms with E-state index in [4.69, 9.17) is 15.9 Å². The number of terminal acetylenes is 1. The second-order valence-electron chi connectivity index (χ2n) is 5.67. The number of benzene rings is 3. The van der Waals surface area contributed by atoms with Crippen LogP contribution in [-0.2, 0) is 0 Å². The molecule has 2 nitrogen and oxygen atoms in total. The van der Waals surface area contributed by atoms with E-state index in [1.165, 1.54) is 16.7 Å². The molecule has 0 saturated heterocycles. The summed E-state index contributed by atoms with van der Waals surface area (Å²) >= 11 is 0. The zero-order valence-electron chi connectivity index (χ0n) is 13.1. The topological polar surface area (TPSA) is 18.5 Å². The van der Waals surface area contributed by atoms with Gasteiger partial charge in [0.2, 0.25) is 0 Å². The van der Waals surface area contributed by atoms with Crippen molar-refractivity contribution in [1.82, 2.24) is 0 Å². The molecule has 0 bridgehead atoms. The predicted molar refractivity (Wildman–Crippen MR) is 94.7 cm³/mol. The lowest BCUT2D eigenvalue weighted by Gasteiger charge is -2.28. The number of hydrogen-bond donors (Lipinski definition) is 0. The molecule has 1 aliphatic heterocycles. The fourth-order valence-corrected chi connectivity index (χ4v) is 3.15. The van der Waals surface area contributed by atoms with Crippen LogP contribution in [0.4, 0.5) is 0 Å². The third-order valence-corrected chi connectivity index (χ3v) is 4.22. The molecule has 24 heavy (non-hydrogen) atoms. The summed E-state index contributed by atoms with van der Waals surface area (Å²) in [5.74, 6) is 5.23. The minimum atomic E-state index is 0.146. The third-order valence-electron chi connectivity index (χ3n) is 4.22. The Morgan fingerprint density at radius 3 is 2.00 bits per heavy atom. The number of hydrogen-bond acceptors (Lipinski definition) is 2. The number of rotatable bonds is 3. The molecule has 0 aromatic heterocycles. The lowest BCUT2D eigenvalue weighted by molar-refractivity contribution is 0.370. The van der Waals surface area contributed by atoms with Crippen molar-refractivity contribution < 1.29 is 9.47 Å². The minimum Gasteiger partial charge on any atom is -0.481 e. The maximum Gasteiger partial charge on any atom is 0.148 e. The van der Waals surface area contributed by atoms with Gasteiger partial charge in [0.05, 0.1) is 0 Å². The Kier molecular flexibility index (Phi) is 3.69. The van der Waals surface area contributed by atoms with Crippen LogP contribution in [-0.4, -0.2) is 6.61 Å². The van der Waals surface area contributed by atoms with Crippen LogP contribution in [0, 0.1) is 12.3 Å². The molecule has 2 heteroatoms. The van der Waals surface area contributed by atoms with Gasteiger partial charge in [-0.15, -0.1) is 6.42 Å². The van der Waals surface area contributed by atoms with Gasteiger partial charge < -0.3 is 9.47 Å². The zero-order chi connectivity index (χ0) is 16.4. The first-order valence-electron chi connectivity index (χ1n) is 7.89. The van der Waals surface area contributed by atoms with Gasteiger partial charge >= 0.3 is 0 Å². The Hall–Kier alpha value is -3.18. The summed E-state index contributed by atoms with van der Waals surface area (Å²) in [6, 6.07) is 24.5. The maximum absolute atomic E-state index is 6.06. The summed E-state index contributed by atoms with van der Waals surface area (Å²) < 4.78 is 11.5. The number of para-hydroxylation sites is 2. The molecular weight excluding hydrogens is 296 g/mol. The molecule has 0 radical (unpaired) electrons. The third kappa shape index (κ3) is 2.51. The molecule has 0 aliphatic carbocycles. The first-order valence-corrected chi connectivity index (χ1v) is 7.89. The second-order valence-corrected chi connectivity index (χ2v) is 5.67. The van der Waals surface area contributed by atoms with Gasteiger partial charge in [0.25, 0.3) is 0 Å². The largest absolute Gasteiger partial charge is 0.481 e. The second kappa shape index (κ2) is 6.14. The average Bonchev–Trinajstić information content (AvgIpc) is 2.65. The average molecular weight is 312 g/mol. The monoisotopic (exact) mass is 312 g/mol. The molecule has 0 atom stereocenters. The summed E-state index contributed by atoms with van der Waals surface area (Å²) in [5.41, 5.74) is 3.55. The Morgan fingerprint density at radius 2 is 1.42 bits per heavy atom. The van der Waals surface area contributed by atoms with Crippen molar-refractivity contribution in [3.05, 3.63) is 89.5 Å². The molecule has 3 aromatic rings. The maximum atomic E-state index is 6.06. The van der Waals surface area contributed by atoms with Crippen LogP contribution < -0.4 is 9.47 Å². The molecule has 0 amide bonds. The van der Waals surface area contributed by atoms with E-state index in [-0.39, 0.29) is 12.5 Å². The van der Waals surface area contributed by atoms with Crippen LogP contribution in [0.25, 0.3) is 0 Å². The summed E-state index contributed by atoms with van der Waals surface area (Å²) in [5, 5.41) is 0. The van der Waals surface area contributed by atoms with Gasteiger partial charge in [-0.1, -0.05) is 54.5 Å². The molecule has 4 rings (SSSR count). The van der Waals surface area contributed by atoms with Crippen molar-refractivity contribution >= 4 is 0 Å². The number of fused-ring (bicyclic) bond motifs is 2. The van der Waals surface area contributed by atoms with Gasteiger partial charge in [-0.2, -0.15) is 0 Å². The Balaban J connectivity index is 1.79. The van der Waals surface area contributed by atoms with Crippen LogP contribution in [0.1, 0.15) is 22.6 Å². The van der Waals surface area contributed by atoms with Crippen molar-refractivity contribution in [2.24, 2.45) is 0 Å². The van der Waals surface area contributed by atoms with Crippen molar-refractivity contribution in [1.29, 1.82) is 0 Å². The van der Waals surface area contributed by atoms with Crippen molar-refractivity contribution in [2.45, 2.75) is 5.92 Å². The molecule has 0 saturated carbocycles. The summed E-state index contributed by atoms with van der Waals surface area (Å²) in [7, 11) is 0. The van der Waals surface area contributed by atoms with Crippen LogP contribution in [0.2, 0.25) is 0 Å². The normalized spacial score (nSPS) is 12.5. The molecule has 0 fully saturated rings. The fraction of sp³-hybridized carbons (Fsp3) is 0.0909. The van der Waals surface area contributed by atoms with E-state index in [1.54, 1.807) is 0 Å². The summed E-state index contributed by atoms with van der Waals surface area (Å²) in [6.45, 7) is 0.280. The Morgan fingerprint density at radius 1 is 0.833 bits per heavy atom. The standard InChI is InChI=1S/C22H16O2/c1-2-15-23-17-13-11-16(12-14-17)22-18-7-3-5-9-20(18)24-21-10-6-4-8-19(21)22/h1,3-14,22H,15H2. The SMILES string of the molecule is C#CCOc1ccc(C2c3ccccc3Oc3ccccc32)cc1. The van der Waals surface area contributed by atoms with Gasteiger partial charge in [-0.05, 0) is 29.8 Å². The molecule has 1 aliphatic rings. The van der Waals surface area contributed by atoms with E-state index in [9.17, 15) is 0 Å². The highest BCUT2D eigenvalue weighted by Crippen LogP contribution is 2.47. The first-order chi connectivity index (χ1) is 11.9. The van der Waals surface area contributed by atoms with Crippen LogP contribution in [0.3, 0.4) is 0 Å². The minimum absolute atomic E-state index is 0.146. The van der Waals surface area contributed by atoms with E-state index in [2.05, 4.69) is 30.2 Å². The van der Waals surface area contributed by atoms with Crippen molar-refractivity contribution in [2.75, 3.05) is 6.61 Å². The highest BCUT2D eigenvalue weighted by molar-refractivity contribution is 5.58. The Bertz CT molecular complexity index is 858.